The monoisotopic (exact) mass is 294 g/mol. The van der Waals surface area contributed by atoms with Gasteiger partial charge in [-0.1, -0.05) is 6.92 Å². The van der Waals surface area contributed by atoms with E-state index in [1.54, 1.807) is 20.5 Å². The smallest absolute Gasteiger partial charge is 0.204 e. The maximum absolute atomic E-state index is 5.56. The van der Waals surface area contributed by atoms with Gasteiger partial charge in [-0.15, -0.1) is 0 Å². The number of hydrogen-bond donors (Lipinski definition) is 1. The number of rotatable bonds is 7. The molecule has 0 amide bonds. The molecule has 2 heterocycles. The van der Waals surface area contributed by atoms with Crippen molar-refractivity contribution >= 4 is 11.6 Å². The van der Waals surface area contributed by atoms with Gasteiger partial charge in [-0.25, -0.2) is 9.97 Å². The molecule has 0 aromatic carbocycles. The summed E-state index contributed by atoms with van der Waals surface area (Å²) in [6, 6.07) is 0. The summed E-state index contributed by atoms with van der Waals surface area (Å²) in [5, 5.41) is 3.30. The van der Waals surface area contributed by atoms with E-state index in [1.807, 2.05) is 0 Å². The lowest BCUT2D eigenvalue weighted by Crippen LogP contribution is -2.38. The van der Waals surface area contributed by atoms with Gasteiger partial charge in [-0.05, 0) is 25.2 Å². The highest BCUT2D eigenvalue weighted by Gasteiger charge is 2.24. The molecule has 1 atom stereocenters. The maximum atomic E-state index is 5.56. The summed E-state index contributed by atoms with van der Waals surface area (Å²) in [6.07, 6.45) is 5.01. The minimum atomic E-state index is 0.551. The van der Waals surface area contributed by atoms with Gasteiger partial charge in [0, 0.05) is 26.7 Å². The van der Waals surface area contributed by atoms with Crippen molar-refractivity contribution in [2.45, 2.75) is 26.2 Å². The Kier molecular flexibility index (Phi) is 6.04. The van der Waals surface area contributed by atoms with Crippen LogP contribution >= 0.6 is 0 Å². The standard InChI is InChI=1S/C15H26N4O2/c1-4-7-16-14-13(21-3)15(18-11-17-14)19-8-5-6-12(9-19)10-20-2/h11-12H,4-10H2,1-3H3,(H,16,17,18). The van der Waals surface area contributed by atoms with Gasteiger partial charge in [0.05, 0.1) is 13.7 Å². The molecule has 0 bridgehead atoms. The molecule has 1 aliphatic rings. The summed E-state index contributed by atoms with van der Waals surface area (Å²) in [6.45, 7) is 5.75. The Hall–Kier alpha value is -1.56. The van der Waals surface area contributed by atoms with Crippen molar-refractivity contribution in [1.29, 1.82) is 0 Å². The van der Waals surface area contributed by atoms with Gasteiger partial charge in [0.15, 0.2) is 11.6 Å². The van der Waals surface area contributed by atoms with Crippen molar-refractivity contribution < 1.29 is 9.47 Å². The van der Waals surface area contributed by atoms with Crippen LogP contribution < -0.4 is 15.0 Å². The molecule has 1 aromatic heterocycles. The van der Waals surface area contributed by atoms with E-state index >= 15 is 0 Å². The van der Waals surface area contributed by atoms with Crippen LogP contribution in [-0.2, 0) is 4.74 Å². The number of piperidine rings is 1. The quantitative estimate of drug-likeness (QED) is 0.831. The van der Waals surface area contributed by atoms with Crippen molar-refractivity contribution in [2.75, 3.05) is 50.7 Å². The predicted molar refractivity (Wildman–Crippen MR) is 84.2 cm³/mol. The van der Waals surface area contributed by atoms with Crippen LogP contribution in [0.15, 0.2) is 6.33 Å². The normalized spacial score (nSPS) is 18.6. The summed E-state index contributed by atoms with van der Waals surface area (Å²) in [5.41, 5.74) is 0. The summed E-state index contributed by atoms with van der Waals surface area (Å²) in [4.78, 5) is 11.0. The topological polar surface area (TPSA) is 59.5 Å². The summed E-state index contributed by atoms with van der Waals surface area (Å²) in [7, 11) is 3.44. The zero-order valence-electron chi connectivity index (χ0n) is 13.3. The van der Waals surface area contributed by atoms with Crippen LogP contribution in [0.25, 0.3) is 0 Å². The van der Waals surface area contributed by atoms with E-state index in [4.69, 9.17) is 9.47 Å². The summed E-state index contributed by atoms with van der Waals surface area (Å²) >= 11 is 0. The average Bonchev–Trinajstić information content (AvgIpc) is 2.53. The lowest BCUT2D eigenvalue weighted by molar-refractivity contribution is 0.143. The van der Waals surface area contributed by atoms with Gasteiger partial charge in [-0.2, -0.15) is 0 Å². The maximum Gasteiger partial charge on any atom is 0.204 e. The fraction of sp³-hybridized carbons (Fsp3) is 0.733. The largest absolute Gasteiger partial charge is 0.490 e. The fourth-order valence-corrected chi connectivity index (χ4v) is 2.78. The van der Waals surface area contributed by atoms with Crippen LogP contribution in [0.5, 0.6) is 5.75 Å². The first-order chi connectivity index (χ1) is 10.3. The number of nitrogens with one attached hydrogen (secondary N) is 1. The van der Waals surface area contributed by atoms with E-state index in [-0.39, 0.29) is 0 Å². The Bertz CT molecular complexity index is 440. The Balaban J connectivity index is 2.17. The highest BCUT2D eigenvalue weighted by Crippen LogP contribution is 2.34. The molecule has 0 radical (unpaired) electrons. The SMILES string of the molecule is CCCNc1ncnc(N2CCCC(COC)C2)c1OC. The second-order valence-electron chi connectivity index (χ2n) is 5.42. The van der Waals surface area contributed by atoms with Crippen LogP contribution in [-0.4, -0.2) is 50.4 Å². The van der Waals surface area contributed by atoms with Crippen LogP contribution in [0.3, 0.4) is 0 Å². The van der Waals surface area contributed by atoms with E-state index in [9.17, 15) is 0 Å². The number of nitrogens with zero attached hydrogens (tertiary/aromatic N) is 3. The highest BCUT2D eigenvalue weighted by atomic mass is 16.5. The average molecular weight is 294 g/mol. The van der Waals surface area contributed by atoms with Gasteiger partial charge in [0.1, 0.15) is 6.33 Å². The molecule has 118 valence electrons. The number of aromatic nitrogens is 2. The number of methoxy groups -OCH3 is 2. The van der Waals surface area contributed by atoms with Crippen molar-refractivity contribution in [3.63, 3.8) is 0 Å². The van der Waals surface area contributed by atoms with E-state index in [0.29, 0.717) is 5.92 Å². The third-order valence-electron chi connectivity index (χ3n) is 3.75. The van der Waals surface area contributed by atoms with Gasteiger partial charge < -0.3 is 19.7 Å². The van der Waals surface area contributed by atoms with Crippen LogP contribution in [0.1, 0.15) is 26.2 Å². The lowest BCUT2D eigenvalue weighted by atomic mass is 9.99. The van der Waals surface area contributed by atoms with Crippen LogP contribution in [0, 0.1) is 5.92 Å². The zero-order valence-corrected chi connectivity index (χ0v) is 13.3. The third-order valence-corrected chi connectivity index (χ3v) is 3.75. The number of hydrogen-bond acceptors (Lipinski definition) is 6. The molecule has 1 fully saturated rings. The minimum absolute atomic E-state index is 0.551. The molecule has 6 heteroatoms. The molecule has 0 aliphatic carbocycles. The van der Waals surface area contributed by atoms with Gasteiger partial charge >= 0.3 is 0 Å². The Morgan fingerprint density at radius 2 is 2.24 bits per heavy atom. The fourth-order valence-electron chi connectivity index (χ4n) is 2.78. The first kappa shape index (κ1) is 15.8. The lowest BCUT2D eigenvalue weighted by Gasteiger charge is -2.34. The molecular weight excluding hydrogens is 268 g/mol. The van der Waals surface area contributed by atoms with Crippen molar-refractivity contribution in [1.82, 2.24) is 9.97 Å². The Morgan fingerprint density at radius 1 is 1.38 bits per heavy atom. The van der Waals surface area contributed by atoms with E-state index < -0.39 is 0 Å². The first-order valence-electron chi connectivity index (χ1n) is 7.66. The van der Waals surface area contributed by atoms with Crippen molar-refractivity contribution in [3.05, 3.63) is 6.33 Å². The van der Waals surface area contributed by atoms with Gasteiger partial charge in [0.25, 0.3) is 0 Å². The van der Waals surface area contributed by atoms with Gasteiger partial charge in [0.2, 0.25) is 5.75 Å². The third kappa shape index (κ3) is 3.97. The second-order valence-corrected chi connectivity index (χ2v) is 5.42. The number of ether oxygens (including phenoxy) is 2. The summed E-state index contributed by atoms with van der Waals surface area (Å²) in [5.74, 6) is 2.95. The van der Waals surface area contributed by atoms with Crippen LogP contribution in [0.4, 0.5) is 11.6 Å². The van der Waals surface area contributed by atoms with Crippen LogP contribution in [0.2, 0.25) is 0 Å². The molecule has 1 aromatic rings. The van der Waals surface area contributed by atoms with E-state index in [1.165, 1.54) is 6.42 Å². The highest BCUT2D eigenvalue weighted by molar-refractivity contribution is 5.64. The van der Waals surface area contributed by atoms with E-state index in [2.05, 4.69) is 27.1 Å². The molecular formula is C15H26N4O2. The molecule has 1 N–H and O–H groups in total. The Morgan fingerprint density at radius 3 is 2.95 bits per heavy atom. The molecule has 0 spiro atoms. The molecule has 21 heavy (non-hydrogen) atoms. The second kappa shape index (κ2) is 8.02. The number of anilines is 2. The molecule has 1 unspecified atom stereocenters. The Labute approximate surface area is 126 Å². The summed E-state index contributed by atoms with van der Waals surface area (Å²) < 4.78 is 10.9. The van der Waals surface area contributed by atoms with Gasteiger partial charge in [-0.3, -0.25) is 0 Å². The molecule has 2 rings (SSSR count). The van der Waals surface area contributed by atoms with Crippen molar-refractivity contribution in [2.24, 2.45) is 5.92 Å². The van der Waals surface area contributed by atoms with Crippen molar-refractivity contribution in [3.8, 4) is 5.75 Å². The first-order valence-corrected chi connectivity index (χ1v) is 7.66. The predicted octanol–water partition coefficient (Wildman–Crippen LogP) is 2.17. The van der Waals surface area contributed by atoms with E-state index in [0.717, 1.165) is 56.5 Å². The zero-order chi connectivity index (χ0) is 15.1. The molecule has 6 nitrogen and oxygen atoms in total. The minimum Gasteiger partial charge on any atom is -0.490 e. The molecule has 1 saturated heterocycles. The molecule has 1 aliphatic heterocycles. The molecule has 0 saturated carbocycles.